The molecule has 0 fully saturated rings. The number of nitriles is 1. The van der Waals surface area contributed by atoms with Crippen LogP contribution < -0.4 is 4.74 Å². The van der Waals surface area contributed by atoms with Crippen LogP contribution >= 0.6 is 11.3 Å². The second kappa shape index (κ2) is 6.87. The molecule has 0 radical (unpaired) electrons. The molecule has 0 spiro atoms. The second-order valence-electron chi connectivity index (χ2n) is 5.27. The van der Waals surface area contributed by atoms with Crippen LogP contribution in [0.3, 0.4) is 0 Å². The van der Waals surface area contributed by atoms with Gasteiger partial charge in [-0.1, -0.05) is 6.07 Å². The highest BCUT2D eigenvalue weighted by atomic mass is 32.1. The minimum absolute atomic E-state index is 0.307. The van der Waals surface area contributed by atoms with E-state index in [4.69, 9.17) is 14.7 Å². The number of hydrogen-bond acceptors (Lipinski definition) is 7. The van der Waals surface area contributed by atoms with Crippen molar-refractivity contribution in [2.24, 2.45) is 0 Å². The largest absolute Gasteiger partial charge is 0.462 e. The van der Waals surface area contributed by atoms with Crippen LogP contribution in [-0.4, -0.2) is 22.5 Å². The van der Waals surface area contributed by atoms with Crippen molar-refractivity contribution in [1.29, 1.82) is 5.26 Å². The number of carbonyl (C=O) groups is 1. The SMILES string of the molecule is CCOC(=O)c1sc2nc(C)nc(Oc3cccc(C#N)c3)c2c1C. The molecule has 2 heterocycles. The molecule has 3 rings (SSSR count). The molecule has 25 heavy (non-hydrogen) atoms. The Bertz CT molecular complexity index is 1000. The molecular formula is C18H15N3O3S. The van der Waals surface area contributed by atoms with E-state index in [1.54, 1.807) is 38.1 Å². The van der Waals surface area contributed by atoms with Gasteiger partial charge in [0.2, 0.25) is 5.88 Å². The fourth-order valence-electron chi connectivity index (χ4n) is 2.41. The van der Waals surface area contributed by atoms with Gasteiger partial charge in [-0.25, -0.2) is 9.78 Å². The molecule has 0 atom stereocenters. The van der Waals surface area contributed by atoms with Gasteiger partial charge in [0.15, 0.2) is 0 Å². The van der Waals surface area contributed by atoms with Crippen LogP contribution in [0.15, 0.2) is 24.3 Å². The van der Waals surface area contributed by atoms with E-state index in [2.05, 4.69) is 16.0 Å². The van der Waals surface area contributed by atoms with Crippen molar-refractivity contribution in [1.82, 2.24) is 9.97 Å². The number of fused-ring (bicyclic) bond motifs is 1. The van der Waals surface area contributed by atoms with Gasteiger partial charge in [0.25, 0.3) is 0 Å². The smallest absolute Gasteiger partial charge is 0.348 e. The Balaban J connectivity index is 2.11. The molecule has 0 aliphatic rings. The van der Waals surface area contributed by atoms with Crippen LogP contribution in [0.5, 0.6) is 11.6 Å². The lowest BCUT2D eigenvalue weighted by molar-refractivity contribution is 0.0531. The van der Waals surface area contributed by atoms with E-state index in [-0.39, 0.29) is 5.97 Å². The Morgan fingerprint density at radius 1 is 1.32 bits per heavy atom. The van der Waals surface area contributed by atoms with Crippen LogP contribution in [0.4, 0.5) is 0 Å². The van der Waals surface area contributed by atoms with Gasteiger partial charge in [-0.3, -0.25) is 0 Å². The summed E-state index contributed by atoms with van der Waals surface area (Å²) in [5.41, 5.74) is 1.22. The van der Waals surface area contributed by atoms with Gasteiger partial charge in [-0.15, -0.1) is 11.3 Å². The minimum Gasteiger partial charge on any atom is -0.462 e. The molecule has 3 aromatic rings. The lowest BCUT2D eigenvalue weighted by Crippen LogP contribution is -2.03. The Labute approximate surface area is 148 Å². The predicted molar refractivity (Wildman–Crippen MR) is 94.1 cm³/mol. The number of thiophene rings is 1. The van der Waals surface area contributed by atoms with E-state index in [0.29, 0.717) is 44.7 Å². The zero-order chi connectivity index (χ0) is 18.0. The van der Waals surface area contributed by atoms with Crippen LogP contribution in [0, 0.1) is 25.2 Å². The third kappa shape index (κ3) is 3.30. The average molecular weight is 353 g/mol. The summed E-state index contributed by atoms with van der Waals surface area (Å²) in [6.45, 7) is 5.65. The fourth-order valence-corrected chi connectivity index (χ4v) is 3.52. The Morgan fingerprint density at radius 3 is 2.84 bits per heavy atom. The summed E-state index contributed by atoms with van der Waals surface area (Å²) in [5, 5.41) is 9.70. The average Bonchev–Trinajstić information content (AvgIpc) is 2.92. The van der Waals surface area contributed by atoms with Gasteiger partial charge in [0.1, 0.15) is 21.3 Å². The highest BCUT2D eigenvalue weighted by Gasteiger charge is 2.22. The monoisotopic (exact) mass is 353 g/mol. The number of hydrogen-bond donors (Lipinski definition) is 0. The molecular weight excluding hydrogens is 338 g/mol. The maximum absolute atomic E-state index is 12.1. The van der Waals surface area contributed by atoms with Gasteiger partial charge in [0, 0.05) is 0 Å². The molecule has 2 aromatic heterocycles. The van der Waals surface area contributed by atoms with E-state index in [0.717, 1.165) is 5.56 Å². The molecule has 0 bridgehead atoms. The van der Waals surface area contributed by atoms with Crippen molar-refractivity contribution < 1.29 is 14.3 Å². The maximum Gasteiger partial charge on any atom is 0.348 e. The first-order valence-electron chi connectivity index (χ1n) is 7.66. The van der Waals surface area contributed by atoms with Crippen LogP contribution in [0.25, 0.3) is 10.2 Å². The number of nitrogens with zero attached hydrogens (tertiary/aromatic N) is 3. The zero-order valence-electron chi connectivity index (χ0n) is 14.0. The molecule has 0 aliphatic carbocycles. The summed E-state index contributed by atoms with van der Waals surface area (Å²) in [5.74, 6) is 1.03. The van der Waals surface area contributed by atoms with Crippen molar-refractivity contribution in [2.45, 2.75) is 20.8 Å². The third-order valence-electron chi connectivity index (χ3n) is 3.51. The van der Waals surface area contributed by atoms with Crippen LogP contribution in [0.1, 0.15) is 33.5 Å². The first kappa shape index (κ1) is 16.9. The number of aryl methyl sites for hydroxylation is 2. The van der Waals surface area contributed by atoms with Crippen molar-refractivity contribution in [3.05, 3.63) is 46.1 Å². The number of aromatic nitrogens is 2. The Morgan fingerprint density at radius 2 is 2.12 bits per heavy atom. The first-order valence-corrected chi connectivity index (χ1v) is 8.48. The Hall–Kier alpha value is -2.98. The molecule has 7 heteroatoms. The van der Waals surface area contributed by atoms with E-state index in [1.165, 1.54) is 11.3 Å². The number of benzene rings is 1. The summed E-state index contributed by atoms with van der Waals surface area (Å²) in [6, 6.07) is 8.90. The molecule has 0 unspecified atom stereocenters. The topological polar surface area (TPSA) is 85.1 Å². The molecule has 0 amide bonds. The first-order chi connectivity index (χ1) is 12.0. The van der Waals surface area contributed by atoms with Gasteiger partial charge >= 0.3 is 5.97 Å². The van der Waals surface area contributed by atoms with E-state index < -0.39 is 0 Å². The van der Waals surface area contributed by atoms with E-state index >= 15 is 0 Å². The van der Waals surface area contributed by atoms with Crippen LogP contribution in [-0.2, 0) is 4.74 Å². The van der Waals surface area contributed by atoms with Crippen LogP contribution in [0.2, 0.25) is 0 Å². The molecule has 126 valence electrons. The lowest BCUT2D eigenvalue weighted by atomic mass is 10.2. The van der Waals surface area contributed by atoms with Crippen molar-refractivity contribution in [2.75, 3.05) is 6.61 Å². The second-order valence-corrected chi connectivity index (χ2v) is 6.27. The van der Waals surface area contributed by atoms with Gasteiger partial charge < -0.3 is 9.47 Å². The molecule has 0 saturated carbocycles. The minimum atomic E-state index is -0.377. The van der Waals surface area contributed by atoms with Crippen molar-refractivity contribution in [3.63, 3.8) is 0 Å². The Kier molecular flexibility index (Phi) is 4.63. The lowest BCUT2D eigenvalue weighted by Gasteiger charge is -2.07. The number of rotatable bonds is 4. The number of carbonyl (C=O) groups excluding carboxylic acids is 1. The predicted octanol–water partition coefficient (Wildman–Crippen LogP) is 4.15. The molecule has 6 nitrogen and oxygen atoms in total. The summed E-state index contributed by atoms with van der Waals surface area (Å²) < 4.78 is 11.0. The quantitative estimate of drug-likeness (QED) is 0.655. The van der Waals surface area contributed by atoms with E-state index in [9.17, 15) is 4.79 Å². The number of ether oxygens (including phenoxy) is 2. The van der Waals surface area contributed by atoms with E-state index in [1.807, 2.05) is 6.92 Å². The van der Waals surface area contributed by atoms with Crippen molar-refractivity contribution in [3.8, 4) is 17.7 Å². The fraction of sp³-hybridized carbons (Fsp3) is 0.222. The number of esters is 1. The summed E-state index contributed by atoms with van der Waals surface area (Å²) >= 11 is 1.26. The summed E-state index contributed by atoms with van der Waals surface area (Å²) in [6.07, 6.45) is 0. The van der Waals surface area contributed by atoms with Gasteiger partial charge in [0.05, 0.1) is 23.6 Å². The molecule has 0 aliphatic heterocycles. The summed E-state index contributed by atoms with van der Waals surface area (Å²) in [4.78, 5) is 22.1. The highest BCUT2D eigenvalue weighted by molar-refractivity contribution is 7.20. The summed E-state index contributed by atoms with van der Waals surface area (Å²) in [7, 11) is 0. The molecule has 1 aromatic carbocycles. The molecule has 0 N–H and O–H groups in total. The normalized spacial score (nSPS) is 10.5. The van der Waals surface area contributed by atoms with Crippen molar-refractivity contribution >= 4 is 27.5 Å². The van der Waals surface area contributed by atoms with Gasteiger partial charge in [-0.05, 0) is 44.5 Å². The van der Waals surface area contributed by atoms with Gasteiger partial charge in [-0.2, -0.15) is 10.2 Å². The molecule has 0 saturated heterocycles. The maximum atomic E-state index is 12.1. The zero-order valence-corrected chi connectivity index (χ0v) is 14.8. The highest BCUT2D eigenvalue weighted by Crippen LogP contribution is 2.37. The standard InChI is InChI=1S/C18H15N3O3S/c1-4-23-18(22)15-10(2)14-16(20-11(3)21-17(14)25-15)24-13-7-5-6-12(8-13)9-19/h5-8H,4H2,1-3H3. The third-order valence-corrected chi connectivity index (χ3v) is 4.67.